The zero-order chi connectivity index (χ0) is 13.3. The van der Waals surface area contributed by atoms with Crippen LogP contribution < -0.4 is 10.2 Å². The Labute approximate surface area is 116 Å². The van der Waals surface area contributed by atoms with Crippen molar-refractivity contribution in [1.29, 1.82) is 0 Å². The molecule has 2 aliphatic rings. The molecule has 0 radical (unpaired) electrons. The Morgan fingerprint density at radius 3 is 2.84 bits per heavy atom. The lowest BCUT2D eigenvalue weighted by molar-refractivity contribution is 0.200. The SMILES string of the molecule is Cc1ncccc1N1CC2(CCCCC2)NCC1C. The molecule has 0 amide bonds. The van der Waals surface area contributed by atoms with Crippen molar-refractivity contribution >= 4 is 5.69 Å². The Morgan fingerprint density at radius 2 is 2.11 bits per heavy atom. The zero-order valence-corrected chi connectivity index (χ0v) is 12.2. The molecule has 0 aromatic carbocycles. The average molecular weight is 259 g/mol. The van der Waals surface area contributed by atoms with E-state index in [0.29, 0.717) is 11.6 Å². The smallest absolute Gasteiger partial charge is 0.0605 e. The van der Waals surface area contributed by atoms with Gasteiger partial charge in [0, 0.05) is 30.9 Å². The van der Waals surface area contributed by atoms with Gasteiger partial charge in [0.2, 0.25) is 0 Å². The third-order valence-electron chi connectivity index (χ3n) is 4.88. The van der Waals surface area contributed by atoms with Crippen LogP contribution in [0.25, 0.3) is 0 Å². The van der Waals surface area contributed by atoms with Crippen LogP contribution in [0.4, 0.5) is 5.69 Å². The summed E-state index contributed by atoms with van der Waals surface area (Å²) >= 11 is 0. The topological polar surface area (TPSA) is 28.2 Å². The van der Waals surface area contributed by atoms with Crippen molar-refractivity contribution in [3.8, 4) is 0 Å². The summed E-state index contributed by atoms with van der Waals surface area (Å²) in [6, 6.07) is 4.83. The summed E-state index contributed by atoms with van der Waals surface area (Å²) < 4.78 is 0. The van der Waals surface area contributed by atoms with Crippen LogP contribution in [0.1, 0.15) is 44.7 Å². The van der Waals surface area contributed by atoms with Crippen molar-refractivity contribution in [2.75, 3.05) is 18.0 Å². The first-order chi connectivity index (χ1) is 9.20. The van der Waals surface area contributed by atoms with Crippen molar-refractivity contribution in [2.24, 2.45) is 0 Å². The number of hydrogen-bond acceptors (Lipinski definition) is 3. The quantitative estimate of drug-likeness (QED) is 0.840. The van der Waals surface area contributed by atoms with Crippen LogP contribution in [0, 0.1) is 6.92 Å². The fraction of sp³-hybridized carbons (Fsp3) is 0.688. The third kappa shape index (κ3) is 2.48. The van der Waals surface area contributed by atoms with Gasteiger partial charge in [0.1, 0.15) is 0 Å². The molecular weight excluding hydrogens is 234 g/mol. The number of aryl methyl sites for hydroxylation is 1. The van der Waals surface area contributed by atoms with Gasteiger partial charge in [-0.25, -0.2) is 0 Å². The molecule has 1 aromatic rings. The van der Waals surface area contributed by atoms with E-state index in [9.17, 15) is 0 Å². The molecule has 1 unspecified atom stereocenters. The number of rotatable bonds is 1. The molecule has 19 heavy (non-hydrogen) atoms. The summed E-state index contributed by atoms with van der Waals surface area (Å²) in [6.45, 7) is 6.67. The summed E-state index contributed by atoms with van der Waals surface area (Å²) in [5, 5.41) is 3.84. The molecule has 1 aromatic heterocycles. The van der Waals surface area contributed by atoms with Gasteiger partial charge < -0.3 is 10.2 Å². The fourth-order valence-electron chi connectivity index (χ4n) is 3.68. The Morgan fingerprint density at radius 1 is 1.32 bits per heavy atom. The molecule has 2 heterocycles. The van der Waals surface area contributed by atoms with E-state index in [1.807, 2.05) is 6.20 Å². The number of piperazine rings is 1. The Bertz CT molecular complexity index is 437. The molecule has 1 N–H and O–H groups in total. The molecule has 104 valence electrons. The zero-order valence-electron chi connectivity index (χ0n) is 12.2. The lowest BCUT2D eigenvalue weighted by Crippen LogP contribution is -2.64. The van der Waals surface area contributed by atoms with E-state index >= 15 is 0 Å². The van der Waals surface area contributed by atoms with E-state index in [1.54, 1.807) is 0 Å². The van der Waals surface area contributed by atoms with E-state index in [4.69, 9.17) is 0 Å². The maximum atomic E-state index is 4.46. The van der Waals surface area contributed by atoms with Gasteiger partial charge in [-0.1, -0.05) is 19.3 Å². The van der Waals surface area contributed by atoms with Gasteiger partial charge >= 0.3 is 0 Å². The van der Waals surface area contributed by atoms with Crippen LogP contribution >= 0.6 is 0 Å². The highest BCUT2D eigenvalue weighted by molar-refractivity contribution is 5.52. The first kappa shape index (κ1) is 12.9. The van der Waals surface area contributed by atoms with Crippen molar-refractivity contribution < 1.29 is 0 Å². The van der Waals surface area contributed by atoms with Crippen LogP contribution in [0.3, 0.4) is 0 Å². The first-order valence-electron chi connectivity index (χ1n) is 7.63. The number of hydrogen-bond donors (Lipinski definition) is 1. The van der Waals surface area contributed by atoms with Gasteiger partial charge in [0.15, 0.2) is 0 Å². The Balaban J connectivity index is 1.85. The maximum absolute atomic E-state index is 4.46. The number of anilines is 1. The average Bonchev–Trinajstić information content (AvgIpc) is 2.44. The van der Waals surface area contributed by atoms with Crippen molar-refractivity contribution in [3.63, 3.8) is 0 Å². The van der Waals surface area contributed by atoms with Gasteiger partial charge in [-0.05, 0) is 38.8 Å². The monoisotopic (exact) mass is 259 g/mol. The number of nitrogens with one attached hydrogen (secondary N) is 1. The lowest BCUT2D eigenvalue weighted by Gasteiger charge is -2.50. The van der Waals surface area contributed by atoms with E-state index < -0.39 is 0 Å². The minimum atomic E-state index is 0.354. The highest BCUT2D eigenvalue weighted by Crippen LogP contribution is 2.34. The van der Waals surface area contributed by atoms with Crippen LogP contribution in [0.5, 0.6) is 0 Å². The summed E-state index contributed by atoms with van der Waals surface area (Å²) in [7, 11) is 0. The number of pyridine rings is 1. The molecule has 3 rings (SSSR count). The normalized spacial score (nSPS) is 26.6. The third-order valence-corrected chi connectivity index (χ3v) is 4.88. The maximum Gasteiger partial charge on any atom is 0.0605 e. The molecule has 1 saturated carbocycles. The minimum absolute atomic E-state index is 0.354. The molecule has 1 spiro atoms. The predicted octanol–water partition coefficient (Wildman–Crippen LogP) is 2.89. The molecule has 1 atom stereocenters. The molecule has 1 aliphatic heterocycles. The van der Waals surface area contributed by atoms with Crippen molar-refractivity contribution in [3.05, 3.63) is 24.0 Å². The molecular formula is C16H25N3. The van der Waals surface area contributed by atoms with Crippen LogP contribution in [-0.4, -0.2) is 29.7 Å². The van der Waals surface area contributed by atoms with Gasteiger partial charge in [-0.15, -0.1) is 0 Å². The van der Waals surface area contributed by atoms with Crippen molar-refractivity contribution in [1.82, 2.24) is 10.3 Å². The molecule has 3 heteroatoms. The molecule has 1 saturated heterocycles. The standard InChI is InChI=1S/C16H25N3/c1-13-11-18-16(8-4-3-5-9-16)12-19(13)15-7-6-10-17-14(15)2/h6-7,10,13,18H,3-5,8-9,11-12H2,1-2H3. The van der Waals surface area contributed by atoms with Crippen LogP contribution in [0.15, 0.2) is 18.3 Å². The van der Waals surface area contributed by atoms with Gasteiger partial charge in [-0.3, -0.25) is 4.98 Å². The number of aromatic nitrogens is 1. The summed E-state index contributed by atoms with van der Waals surface area (Å²) in [5.74, 6) is 0. The van der Waals surface area contributed by atoms with E-state index in [1.165, 1.54) is 37.8 Å². The van der Waals surface area contributed by atoms with E-state index in [-0.39, 0.29) is 0 Å². The van der Waals surface area contributed by atoms with Gasteiger partial charge in [-0.2, -0.15) is 0 Å². The molecule has 1 aliphatic carbocycles. The van der Waals surface area contributed by atoms with E-state index in [2.05, 4.69) is 41.2 Å². The summed E-state index contributed by atoms with van der Waals surface area (Å²) in [4.78, 5) is 7.03. The van der Waals surface area contributed by atoms with Crippen LogP contribution in [0.2, 0.25) is 0 Å². The highest BCUT2D eigenvalue weighted by atomic mass is 15.3. The fourth-order valence-corrected chi connectivity index (χ4v) is 3.68. The molecule has 2 fully saturated rings. The van der Waals surface area contributed by atoms with Crippen molar-refractivity contribution in [2.45, 2.75) is 57.5 Å². The second-order valence-electron chi connectivity index (χ2n) is 6.31. The highest BCUT2D eigenvalue weighted by Gasteiger charge is 2.38. The second-order valence-corrected chi connectivity index (χ2v) is 6.31. The Kier molecular flexibility index (Phi) is 3.48. The Hall–Kier alpha value is -1.09. The molecule has 3 nitrogen and oxygen atoms in total. The second kappa shape index (κ2) is 5.12. The van der Waals surface area contributed by atoms with Crippen LogP contribution in [-0.2, 0) is 0 Å². The number of nitrogens with zero attached hydrogens (tertiary/aromatic N) is 2. The molecule has 0 bridgehead atoms. The van der Waals surface area contributed by atoms with Gasteiger partial charge in [0.25, 0.3) is 0 Å². The predicted molar refractivity (Wildman–Crippen MR) is 79.6 cm³/mol. The lowest BCUT2D eigenvalue weighted by atomic mass is 9.79. The first-order valence-corrected chi connectivity index (χ1v) is 7.63. The minimum Gasteiger partial charge on any atom is -0.364 e. The summed E-state index contributed by atoms with van der Waals surface area (Å²) in [5.41, 5.74) is 2.83. The largest absolute Gasteiger partial charge is 0.364 e. The summed E-state index contributed by atoms with van der Waals surface area (Å²) in [6.07, 6.45) is 8.71. The van der Waals surface area contributed by atoms with E-state index in [0.717, 1.165) is 18.8 Å². The van der Waals surface area contributed by atoms with Gasteiger partial charge in [0.05, 0.1) is 11.4 Å².